The number of nitrogens with zero attached hydrogens (tertiary/aromatic N) is 4. The molecule has 2 N–H and O–H groups in total. The second-order valence-electron chi connectivity index (χ2n) is 6.23. The van der Waals surface area contributed by atoms with Crippen molar-refractivity contribution in [2.45, 2.75) is 20.4 Å². The summed E-state index contributed by atoms with van der Waals surface area (Å²) < 4.78 is 13.3. The molecule has 0 atom stereocenters. The Hall–Kier alpha value is -3.62. The molecular weight excluding hydrogens is 363 g/mol. The monoisotopic (exact) mass is 382 g/mol. The van der Waals surface area contributed by atoms with E-state index in [4.69, 9.17) is 0 Å². The van der Waals surface area contributed by atoms with E-state index in [0.717, 1.165) is 15.9 Å². The Labute approximate surface area is 160 Å². The molecule has 3 rings (SSSR count). The van der Waals surface area contributed by atoms with Gasteiger partial charge in [0.2, 0.25) is 17.6 Å². The molecule has 1 heterocycles. The lowest BCUT2D eigenvalue weighted by Crippen LogP contribution is -2.35. The van der Waals surface area contributed by atoms with Crippen LogP contribution in [0.3, 0.4) is 0 Å². The van der Waals surface area contributed by atoms with E-state index in [2.05, 4.69) is 26.0 Å². The third kappa shape index (κ3) is 4.76. The van der Waals surface area contributed by atoms with Gasteiger partial charge in [-0.2, -0.15) is 4.80 Å². The average molecular weight is 382 g/mol. The zero-order valence-corrected chi connectivity index (χ0v) is 15.4. The molecule has 0 saturated carbocycles. The Morgan fingerprint density at radius 1 is 1.11 bits per heavy atom. The fourth-order valence-corrected chi connectivity index (χ4v) is 2.50. The molecule has 2 aromatic carbocycles. The van der Waals surface area contributed by atoms with E-state index in [1.807, 2.05) is 26.0 Å². The number of hydrogen-bond acceptors (Lipinski definition) is 5. The summed E-state index contributed by atoms with van der Waals surface area (Å²) in [6.07, 6.45) is 0. The Kier molecular flexibility index (Phi) is 5.73. The van der Waals surface area contributed by atoms with Gasteiger partial charge in [-0.05, 0) is 48.4 Å². The van der Waals surface area contributed by atoms with Gasteiger partial charge in [0.25, 0.3) is 0 Å². The van der Waals surface area contributed by atoms with Crippen molar-refractivity contribution in [2.75, 3.05) is 11.9 Å². The highest BCUT2D eigenvalue weighted by atomic mass is 19.1. The number of halogens is 1. The van der Waals surface area contributed by atoms with Gasteiger partial charge in [0.15, 0.2) is 0 Å². The largest absolute Gasteiger partial charge is 0.345 e. The molecule has 3 aromatic rings. The molecule has 0 spiro atoms. The van der Waals surface area contributed by atoms with Crippen molar-refractivity contribution in [3.63, 3.8) is 0 Å². The van der Waals surface area contributed by atoms with Gasteiger partial charge in [-0.3, -0.25) is 9.59 Å². The Bertz CT molecular complexity index is 1020. The normalized spacial score (nSPS) is 10.5. The highest BCUT2D eigenvalue weighted by Crippen LogP contribution is 2.17. The van der Waals surface area contributed by atoms with Gasteiger partial charge in [-0.25, -0.2) is 4.39 Å². The molecule has 9 heteroatoms. The van der Waals surface area contributed by atoms with Crippen molar-refractivity contribution in [2.24, 2.45) is 0 Å². The van der Waals surface area contributed by atoms with Gasteiger partial charge in [0.1, 0.15) is 12.4 Å². The highest BCUT2D eigenvalue weighted by molar-refractivity contribution is 5.95. The first kappa shape index (κ1) is 19.2. The molecule has 0 bridgehead atoms. The Morgan fingerprint density at radius 3 is 2.68 bits per heavy atom. The second kappa shape index (κ2) is 8.38. The van der Waals surface area contributed by atoms with Crippen molar-refractivity contribution in [3.05, 3.63) is 59.4 Å². The predicted octanol–water partition coefficient (Wildman–Crippen LogP) is 1.85. The van der Waals surface area contributed by atoms with Crippen LogP contribution in [0.5, 0.6) is 0 Å². The third-order valence-corrected chi connectivity index (χ3v) is 4.15. The lowest BCUT2D eigenvalue weighted by molar-refractivity contribution is -0.124. The molecular formula is C19H19FN6O2. The maximum atomic E-state index is 13.3. The van der Waals surface area contributed by atoms with Crippen LogP contribution in [0.2, 0.25) is 0 Å². The molecule has 0 fully saturated rings. The Balaban J connectivity index is 1.52. The van der Waals surface area contributed by atoms with Crippen molar-refractivity contribution < 1.29 is 14.0 Å². The van der Waals surface area contributed by atoms with Crippen LogP contribution >= 0.6 is 0 Å². The smallest absolute Gasteiger partial charge is 0.244 e. The summed E-state index contributed by atoms with van der Waals surface area (Å²) in [5.74, 6) is -0.991. The molecule has 0 aliphatic rings. The maximum absolute atomic E-state index is 13.3. The minimum atomic E-state index is -0.445. The number of carbonyl (C=O) groups excluding carboxylic acids is 2. The van der Waals surface area contributed by atoms with E-state index in [9.17, 15) is 14.0 Å². The van der Waals surface area contributed by atoms with E-state index >= 15 is 0 Å². The van der Waals surface area contributed by atoms with Crippen molar-refractivity contribution >= 4 is 17.5 Å². The topological polar surface area (TPSA) is 102 Å². The quantitative estimate of drug-likeness (QED) is 0.677. The molecule has 0 radical (unpaired) electrons. The van der Waals surface area contributed by atoms with Gasteiger partial charge < -0.3 is 10.6 Å². The summed E-state index contributed by atoms with van der Waals surface area (Å²) in [5.41, 5.74) is 3.20. The summed E-state index contributed by atoms with van der Waals surface area (Å²) in [7, 11) is 0. The number of nitrogens with one attached hydrogen (secondary N) is 2. The summed E-state index contributed by atoms with van der Waals surface area (Å²) in [5, 5.41) is 16.9. The van der Waals surface area contributed by atoms with Crippen LogP contribution in [0, 0.1) is 19.7 Å². The van der Waals surface area contributed by atoms with Crippen LogP contribution in [-0.4, -0.2) is 38.6 Å². The summed E-state index contributed by atoms with van der Waals surface area (Å²) >= 11 is 0. The molecule has 2 amide bonds. The average Bonchev–Trinajstić information content (AvgIpc) is 3.12. The van der Waals surface area contributed by atoms with Crippen molar-refractivity contribution in [1.29, 1.82) is 0 Å². The molecule has 0 aliphatic heterocycles. The SMILES string of the molecule is Cc1cccc(NC(=O)CNC(=O)Cn2nnc(-c3cccc(F)c3)n2)c1C. The first-order valence-electron chi connectivity index (χ1n) is 8.59. The van der Waals surface area contributed by atoms with Crippen molar-refractivity contribution in [1.82, 2.24) is 25.5 Å². The summed E-state index contributed by atoms with van der Waals surface area (Å²) in [4.78, 5) is 25.1. The van der Waals surface area contributed by atoms with Gasteiger partial charge >= 0.3 is 0 Å². The lowest BCUT2D eigenvalue weighted by atomic mass is 10.1. The number of amides is 2. The molecule has 0 saturated heterocycles. The zero-order chi connectivity index (χ0) is 20.1. The zero-order valence-electron chi connectivity index (χ0n) is 15.4. The number of benzene rings is 2. The number of anilines is 1. The fourth-order valence-electron chi connectivity index (χ4n) is 2.50. The van der Waals surface area contributed by atoms with Gasteiger partial charge in [-0.1, -0.05) is 24.3 Å². The summed E-state index contributed by atoms with van der Waals surface area (Å²) in [6.45, 7) is 3.48. The van der Waals surface area contributed by atoms with Crippen LogP contribution in [-0.2, 0) is 16.1 Å². The first-order valence-corrected chi connectivity index (χ1v) is 8.59. The first-order chi connectivity index (χ1) is 13.4. The lowest BCUT2D eigenvalue weighted by Gasteiger charge is -2.10. The number of hydrogen-bond donors (Lipinski definition) is 2. The minimum Gasteiger partial charge on any atom is -0.345 e. The van der Waals surface area contributed by atoms with Gasteiger partial charge in [0.05, 0.1) is 6.54 Å². The van der Waals surface area contributed by atoms with Gasteiger partial charge in [0, 0.05) is 11.3 Å². The molecule has 1 aromatic heterocycles. The van der Waals surface area contributed by atoms with Gasteiger partial charge in [-0.15, -0.1) is 10.2 Å². The minimum absolute atomic E-state index is 0.183. The van der Waals surface area contributed by atoms with E-state index < -0.39 is 11.7 Å². The third-order valence-electron chi connectivity index (χ3n) is 4.15. The predicted molar refractivity (Wildman–Crippen MR) is 101 cm³/mol. The standard InChI is InChI=1S/C19H19FN6O2/c1-12-5-3-8-16(13(12)2)22-17(27)10-21-18(28)11-26-24-19(23-25-26)14-6-4-7-15(20)9-14/h3-9H,10-11H2,1-2H3,(H,21,28)(H,22,27). The number of tetrazole rings is 1. The molecule has 28 heavy (non-hydrogen) atoms. The number of rotatable bonds is 6. The number of carbonyl (C=O) groups is 2. The van der Waals surface area contributed by atoms with E-state index in [0.29, 0.717) is 11.3 Å². The molecule has 0 aliphatic carbocycles. The molecule has 8 nitrogen and oxygen atoms in total. The second-order valence-corrected chi connectivity index (χ2v) is 6.23. The van der Waals surface area contributed by atoms with E-state index in [-0.39, 0.29) is 24.8 Å². The van der Waals surface area contributed by atoms with E-state index in [1.165, 1.54) is 18.2 Å². The molecule has 144 valence electrons. The Morgan fingerprint density at radius 2 is 1.89 bits per heavy atom. The highest BCUT2D eigenvalue weighted by Gasteiger charge is 2.12. The van der Waals surface area contributed by atoms with Crippen LogP contribution in [0.15, 0.2) is 42.5 Å². The van der Waals surface area contributed by atoms with Crippen LogP contribution in [0.25, 0.3) is 11.4 Å². The number of aromatic nitrogens is 4. The van der Waals surface area contributed by atoms with E-state index in [1.54, 1.807) is 12.1 Å². The maximum Gasteiger partial charge on any atom is 0.244 e. The fraction of sp³-hybridized carbons (Fsp3) is 0.211. The van der Waals surface area contributed by atoms with Crippen LogP contribution < -0.4 is 10.6 Å². The summed E-state index contributed by atoms with van der Waals surface area (Å²) in [6, 6.07) is 11.4. The van der Waals surface area contributed by atoms with Crippen LogP contribution in [0.1, 0.15) is 11.1 Å². The number of aryl methyl sites for hydroxylation is 1. The molecule has 0 unspecified atom stereocenters. The van der Waals surface area contributed by atoms with Crippen LogP contribution in [0.4, 0.5) is 10.1 Å². The van der Waals surface area contributed by atoms with Crippen molar-refractivity contribution in [3.8, 4) is 11.4 Å².